The van der Waals surface area contributed by atoms with E-state index in [-0.39, 0.29) is 11.7 Å². The molecule has 0 aromatic carbocycles. The van der Waals surface area contributed by atoms with E-state index in [0.29, 0.717) is 11.3 Å². The Morgan fingerprint density at radius 1 is 1.30 bits per heavy atom. The van der Waals surface area contributed by atoms with Crippen LogP contribution < -0.4 is 0 Å². The Kier molecular flexibility index (Phi) is 6.72. The molecule has 2 saturated carbocycles. The van der Waals surface area contributed by atoms with E-state index >= 15 is 0 Å². The van der Waals surface area contributed by atoms with Crippen LogP contribution >= 0.6 is 22.6 Å². The van der Waals surface area contributed by atoms with E-state index in [1.165, 1.54) is 32.1 Å². The summed E-state index contributed by atoms with van der Waals surface area (Å²) in [4.78, 5) is 0. The van der Waals surface area contributed by atoms with E-state index in [4.69, 9.17) is 9.16 Å². The van der Waals surface area contributed by atoms with Crippen LogP contribution in [0.25, 0.3) is 0 Å². The van der Waals surface area contributed by atoms with Gasteiger partial charge in [-0.3, -0.25) is 0 Å². The summed E-state index contributed by atoms with van der Waals surface area (Å²) >= 11 is 2.47. The lowest BCUT2D eigenvalue weighted by molar-refractivity contribution is -0.00461. The summed E-state index contributed by atoms with van der Waals surface area (Å²) in [6, 6.07) is 0. The van der Waals surface area contributed by atoms with Crippen LogP contribution in [0.4, 0.5) is 0 Å². The average Bonchev–Trinajstić information content (AvgIpc) is 3.10. The molecule has 0 amide bonds. The highest BCUT2D eigenvalue weighted by atomic mass is 127. The van der Waals surface area contributed by atoms with Crippen molar-refractivity contribution < 1.29 is 9.16 Å². The lowest BCUT2D eigenvalue weighted by atomic mass is 9.61. The molecule has 0 spiro atoms. The van der Waals surface area contributed by atoms with Crippen LogP contribution in [0.3, 0.4) is 0 Å². The minimum Gasteiger partial charge on any atom is -0.409 e. The summed E-state index contributed by atoms with van der Waals surface area (Å²) in [6.45, 7) is 14.9. The Balaban J connectivity index is 1.55. The van der Waals surface area contributed by atoms with Gasteiger partial charge in [0.25, 0.3) is 0 Å². The SMILES string of the molecule is C[C@@H](CO[C@@H]1C=C[C@](C)(O[Si](C)(C)C)C1)[C@H]1CCC2C(=CI)CCC[C@@]21C. The standard InChI is InChI=1S/C23H39IO2Si/c1-17(16-25-19-11-13-22(2,14-19)26-27(4,5)6)20-9-10-21-18(15-24)8-7-12-23(20,21)3/h11,13,15,17,19-21H,7-10,12,14,16H2,1-6H3/t17-,19+,20+,21?,22-,23+/m0/s1. The molecule has 0 heterocycles. The van der Waals surface area contributed by atoms with Gasteiger partial charge in [-0.25, -0.2) is 0 Å². The van der Waals surface area contributed by atoms with Gasteiger partial charge in [0.1, 0.15) is 0 Å². The summed E-state index contributed by atoms with van der Waals surface area (Å²) in [5.74, 6) is 2.24. The second-order valence-electron chi connectivity index (χ2n) is 10.7. The number of ether oxygens (including phenoxy) is 1. The van der Waals surface area contributed by atoms with Crippen LogP contribution in [0.5, 0.6) is 0 Å². The van der Waals surface area contributed by atoms with Crippen molar-refractivity contribution in [3.05, 3.63) is 21.8 Å². The number of allylic oxidation sites excluding steroid dienone is 1. The first kappa shape index (κ1) is 22.0. The first-order chi connectivity index (χ1) is 12.6. The molecule has 0 bridgehead atoms. The van der Waals surface area contributed by atoms with Crippen LogP contribution in [0.15, 0.2) is 21.8 Å². The van der Waals surface area contributed by atoms with Crippen molar-refractivity contribution in [2.75, 3.05) is 6.61 Å². The fourth-order valence-electron chi connectivity index (χ4n) is 6.27. The maximum Gasteiger partial charge on any atom is 0.184 e. The molecule has 2 nitrogen and oxygen atoms in total. The Hall–Kier alpha value is 0.347. The Morgan fingerprint density at radius 3 is 2.70 bits per heavy atom. The summed E-state index contributed by atoms with van der Waals surface area (Å²) < 4.78 is 15.2. The van der Waals surface area contributed by atoms with Gasteiger partial charge in [-0.1, -0.05) is 54.2 Å². The molecule has 27 heavy (non-hydrogen) atoms. The lowest BCUT2D eigenvalue weighted by Crippen LogP contribution is -2.39. The van der Waals surface area contributed by atoms with E-state index < -0.39 is 8.32 Å². The lowest BCUT2D eigenvalue weighted by Gasteiger charge is -2.44. The van der Waals surface area contributed by atoms with E-state index in [1.54, 1.807) is 5.57 Å². The van der Waals surface area contributed by atoms with Crippen LogP contribution in [0.2, 0.25) is 19.6 Å². The Bertz CT molecular complexity index is 596. The molecule has 0 aromatic rings. The molecular weight excluding hydrogens is 463 g/mol. The van der Waals surface area contributed by atoms with Crippen LogP contribution in [-0.2, 0) is 9.16 Å². The van der Waals surface area contributed by atoms with E-state index in [2.05, 4.69) is 79.2 Å². The molecule has 1 unspecified atom stereocenters. The molecule has 2 fully saturated rings. The topological polar surface area (TPSA) is 18.5 Å². The molecular formula is C23H39IO2Si. The highest BCUT2D eigenvalue weighted by molar-refractivity contribution is 14.1. The molecule has 154 valence electrons. The molecule has 0 aromatic heterocycles. The van der Waals surface area contributed by atoms with Gasteiger partial charge in [-0.15, -0.1) is 0 Å². The fraction of sp³-hybridized carbons (Fsp3) is 0.826. The second-order valence-corrected chi connectivity index (χ2v) is 15.8. The quantitative estimate of drug-likeness (QED) is 0.219. The zero-order valence-electron chi connectivity index (χ0n) is 18.2. The van der Waals surface area contributed by atoms with Crippen molar-refractivity contribution in [2.45, 2.75) is 90.6 Å². The minimum absolute atomic E-state index is 0.133. The predicted molar refractivity (Wildman–Crippen MR) is 126 cm³/mol. The number of hydrogen-bond donors (Lipinski definition) is 0. The molecule has 0 N–H and O–H groups in total. The number of halogens is 1. The third-order valence-electron chi connectivity index (χ3n) is 7.25. The molecule has 3 aliphatic rings. The summed E-state index contributed by atoms with van der Waals surface area (Å²) in [5, 5.41) is 0. The van der Waals surface area contributed by atoms with E-state index in [0.717, 1.165) is 24.9 Å². The molecule has 0 saturated heterocycles. The van der Waals surface area contributed by atoms with Gasteiger partial charge in [-0.05, 0) is 85.9 Å². The maximum absolute atomic E-state index is 6.40. The van der Waals surface area contributed by atoms with Gasteiger partial charge >= 0.3 is 0 Å². The van der Waals surface area contributed by atoms with Gasteiger partial charge in [0.05, 0.1) is 18.3 Å². The number of fused-ring (bicyclic) bond motifs is 1. The zero-order valence-corrected chi connectivity index (χ0v) is 21.3. The summed E-state index contributed by atoms with van der Waals surface area (Å²) in [6.07, 6.45) is 12.5. The van der Waals surface area contributed by atoms with Gasteiger partial charge in [0, 0.05) is 6.42 Å². The van der Waals surface area contributed by atoms with Crippen LogP contribution in [0.1, 0.15) is 59.3 Å². The van der Waals surface area contributed by atoms with Crippen molar-refractivity contribution in [3.8, 4) is 0 Å². The van der Waals surface area contributed by atoms with Crippen molar-refractivity contribution in [3.63, 3.8) is 0 Å². The molecule has 3 rings (SSSR count). The number of rotatable bonds is 6. The Labute approximate surface area is 181 Å². The summed E-state index contributed by atoms with van der Waals surface area (Å²) in [7, 11) is -1.54. The monoisotopic (exact) mass is 502 g/mol. The van der Waals surface area contributed by atoms with Crippen molar-refractivity contribution in [1.82, 2.24) is 0 Å². The van der Waals surface area contributed by atoms with Gasteiger partial charge in [0.15, 0.2) is 8.32 Å². The predicted octanol–water partition coefficient (Wildman–Crippen LogP) is 7.11. The second kappa shape index (κ2) is 8.23. The molecule has 0 radical (unpaired) electrons. The fourth-order valence-corrected chi connectivity index (χ4v) is 8.57. The third-order valence-corrected chi connectivity index (χ3v) is 9.13. The molecule has 3 aliphatic carbocycles. The largest absolute Gasteiger partial charge is 0.409 e. The number of hydrogen-bond acceptors (Lipinski definition) is 2. The highest BCUT2D eigenvalue weighted by Gasteiger charge is 2.50. The van der Waals surface area contributed by atoms with Gasteiger partial charge in [-0.2, -0.15) is 0 Å². The highest BCUT2D eigenvalue weighted by Crippen LogP contribution is 2.59. The first-order valence-electron chi connectivity index (χ1n) is 10.9. The van der Waals surface area contributed by atoms with Crippen molar-refractivity contribution in [1.29, 1.82) is 0 Å². The zero-order chi connectivity index (χ0) is 19.9. The third kappa shape index (κ3) is 4.92. The average molecular weight is 503 g/mol. The molecule has 6 atom stereocenters. The molecule has 0 aliphatic heterocycles. The smallest absolute Gasteiger partial charge is 0.184 e. The van der Waals surface area contributed by atoms with Crippen LogP contribution in [0, 0.1) is 23.2 Å². The van der Waals surface area contributed by atoms with E-state index in [1.807, 2.05) is 0 Å². The maximum atomic E-state index is 6.40. The van der Waals surface area contributed by atoms with Gasteiger partial charge in [0.2, 0.25) is 0 Å². The van der Waals surface area contributed by atoms with Crippen molar-refractivity contribution >= 4 is 30.9 Å². The Morgan fingerprint density at radius 2 is 2.04 bits per heavy atom. The van der Waals surface area contributed by atoms with Crippen molar-refractivity contribution in [2.24, 2.45) is 23.2 Å². The normalized spacial score (nSPS) is 41.9. The van der Waals surface area contributed by atoms with Gasteiger partial charge < -0.3 is 9.16 Å². The minimum atomic E-state index is -1.54. The molecule has 4 heteroatoms. The summed E-state index contributed by atoms with van der Waals surface area (Å²) in [5.41, 5.74) is 2.07. The van der Waals surface area contributed by atoms with E-state index in [9.17, 15) is 0 Å². The first-order valence-corrected chi connectivity index (χ1v) is 15.5. The van der Waals surface area contributed by atoms with Crippen LogP contribution in [-0.4, -0.2) is 26.6 Å².